The molecule has 0 fully saturated rings. The molecule has 4 heteroatoms. The minimum absolute atomic E-state index is 0.0618. The fraction of sp³-hybridized carbons (Fsp3) is 0.500. The summed E-state index contributed by atoms with van der Waals surface area (Å²) in [6.45, 7) is 0.812. The van der Waals surface area contributed by atoms with Crippen LogP contribution in [0.1, 0.15) is 31.2 Å². The number of aliphatic hydroxyl groups is 1. The SMILES string of the molecule is O=C(CCCCCO)NCCc1ccc(O)cc1. The van der Waals surface area contributed by atoms with Crippen LogP contribution in [0.5, 0.6) is 5.75 Å². The minimum Gasteiger partial charge on any atom is -0.508 e. The van der Waals surface area contributed by atoms with Gasteiger partial charge in [0.05, 0.1) is 0 Å². The molecule has 1 amide bonds. The number of nitrogens with one attached hydrogen (secondary N) is 1. The molecule has 4 nitrogen and oxygen atoms in total. The molecule has 18 heavy (non-hydrogen) atoms. The summed E-state index contributed by atoms with van der Waals surface area (Å²) in [4.78, 5) is 11.4. The molecule has 0 heterocycles. The van der Waals surface area contributed by atoms with Crippen LogP contribution in [-0.4, -0.2) is 29.3 Å². The predicted octanol–water partition coefficient (Wildman–Crippen LogP) is 1.60. The van der Waals surface area contributed by atoms with Crippen molar-refractivity contribution in [2.24, 2.45) is 0 Å². The van der Waals surface area contributed by atoms with E-state index in [1.165, 1.54) is 0 Å². The number of amides is 1. The Hall–Kier alpha value is -1.55. The summed E-state index contributed by atoms with van der Waals surface area (Å²) in [7, 11) is 0. The van der Waals surface area contributed by atoms with Gasteiger partial charge in [0.2, 0.25) is 5.91 Å². The third-order valence-electron chi connectivity index (χ3n) is 2.73. The molecule has 0 aromatic heterocycles. The monoisotopic (exact) mass is 251 g/mol. The van der Waals surface area contributed by atoms with Crippen LogP contribution in [0.4, 0.5) is 0 Å². The van der Waals surface area contributed by atoms with E-state index in [9.17, 15) is 4.79 Å². The lowest BCUT2D eigenvalue weighted by atomic mass is 10.1. The van der Waals surface area contributed by atoms with Gasteiger partial charge in [0.25, 0.3) is 0 Å². The number of rotatable bonds is 8. The van der Waals surface area contributed by atoms with Crippen LogP contribution in [0.25, 0.3) is 0 Å². The highest BCUT2D eigenvalue weighted by molar-refractivity contribution is 5.75. The maximum Gasteiger partial charge on any atom is 0.220 e. The summed E-state index contributed by atoms with van der Waals surface area (Å²) in [5.74, 6) is 0.318. The molecular weight excluding hydrogens is 230 g/mol. The summed E-state index contributed by atoms with van der Waals surface area (Å²) < 4.78 is 0. The highest BCUT2D eigenvalue weighted by Gasteiger charge is 2.00. The molecule has 0 aliphatic heterocycles. The summed E-state index contributed by atoms with van der Waals surface area (Å²) in [5.41, 5.74) is 1.09. The summed E-state index contributed by atoms with van der Waals surface area (Å²) >= 11 is 0. The molecule has 0 bridgehead atoms. The van der Waals surface area contributed by atoms with Crippen LogP contribution >= 0.6 is 0 Å². The van der Waals surface area contributed by atoms with Crippen LogP contribution in [0, 0.1) is 0 Å². The Kier molecular flexibility index (Phi) is 6.87. The van der Waals surface area contributed by atoms with E-state index in [-0.39, 0.29) is 18.3 Å². The van der Waals surface area contributed by atoms with Gasteiger partial charge in [0.1, 0.15) is 5.75 Å². The van der Waals surface area contributed by atoms with E-state index in [2.05, 4.69) is 5.32 Å². The first kappa shape index (κ1) is 14.5. The molecule has 1 aromatic carbocycles. The number of hydrogen-bond donors (Lipinski definition) is 3. The molecule has 0 unspecified atom stereocenters. The van der Waals surface area contributed by atoms with Gasteiger partial charge in [0, 0.05) is 19.6 Å². The van der Waals surface area contributed by atoms with Crippen molar-refractivity contribution < 1.29 is 15.0 Å². The van der Waals surface area contributed by atoms with Crippen LogP contribution in [-0.2, 0) is 11.2 Å². The number of phenolic OH excluding ortho intramolecular Hbond substituents is 1. The van der Waals surface area contributed by atoms with Gasteiger partial charge in [-0.1, -0.05) is 18.6 Å². The standard InChI is InChI=1S/C14H21NO3/c16-11-3-1-2-4-14(18)15-10-9-12-5-7-13(17)8-6-12/h5-8,16-17H,1-4,9-11H2,(H,15,18). The smallest absolute Gasteiger partial charge is 0.220 e. The summed E-state index contributed by atoms with van der Waals surface area (Å²) in [6.07, 6.45) is 3.77. The number of carbonyl (C=O) groups is 1. The molecular formula is C14H21NO3. The van der Waals surface area contributed by atoms with Crippen molar-refractivity contribution in [3.8, 4) is 5.75 Å². The zero-order chi connectivity index (χ0) is 13.2. The first-order valence-electron chi connectivity index (χ1n) is 6.38. The number of aromatic hydroxyl groups is 1. The molecule has 0 saturated heterocycles. The molecule has 0 aliphatic carbocycles. The third kappa shape index (κ3) is 6.25. The number of aliphatic hydroxyl groups excluding tert-OH is 1. The van der Waals surface area contributed by atoms with Gasteiger partial charge in [-0.05, 0) is 37.0 Å². The van der Waals surface area contributed by atoms with Crippen molar-refractivity contribution in [3.05, 3.63) is 29.8 Å². The number of hydrogen-bond acceptors (Lipinski definition) is 3. The molecule has 100 valence electrons. The Morgan fingerprint density at radius 2 is 1.83 bits per heavy atom. The van der Waals surface area contributed by atoms with E-state index < -0.39 is 0 Å². The normalized spacial score (nSPS) is 10.3. The maximum atomic E-state index is 11.4. The van der Waals surface area contributed by atoms with Crippen molar-refractivity contribution in [1.29, 1.82) is 0 Å². The van der Waals surface area contributed by atoms with Gasteiger partial charge < -0.3 is 15.5 Å². The van der Waals surface area contributed by atoms with Crippen molar-refractivity contribution in [2.75, 3.05) is 13.2 Å². The van der Waals surface area contributed by atoms with Crippen molar-refractivity contribution >= 4 is 5.91 Å². The largest absolute Gasteiger partial charge is 0.508 e. The van der Waals surface area contributed by atoms with E-state index in [0.29, 0.717) is 13.0 Å². The van der Waals surface area contributed by atoms with Crippen LogP contribution in [0.2, 0.25) is 0 Å². The molecule has 3 N–H and O–H groups in total. The molecule has 0 spiro atoms. The zero-order valence-electron chi connectivity index (χ0n) is 10.6. The Balaban J connectivity index is 2.10. The third-order valence-corrected chi connectivity index (χ3v) is 2.73. The molecule has 0 aliphatic rings. The van der Waals surface area contributed by atoms with Crippen LogP contribution < -0.4 is 5.32 Å². The van der Waals surface area contributed by atoms with E-state index in [0.717, 1.165) is 31.2 Å². The van der Waals surface area contributed by atoms with Crippen molar-refractivity contribution in [1.82, 2.24) is 5.32 Å². The van der Waals surface area contributed by atoms with Gasteiger partial charge in [0.15, 0.2) is 0 Å². The average molecular weight is 251 g/mol. The second-order valence-electron chi connectivity index (χ2n) is 4.30. The molecule has 0 atom stereocenters. The first-order valence-corrected chi connectivity index (χ1v) is 6.38. The lowest BCUT2D eigenvalue weighted by Gasteiger charge is -2.05. The van der Waals surface area contributed by atoms with Gasteiger partial charge in [-0.15, -0.1) is 0 Å². The Morgan fingerprint density at radius 1 is 1.11 bits per heavy atom. The zero-order valence-corrected chi connectivity index (χ0v) is 10.6. The van der Waals surface area contributed by atoms with E-state index in [4.69, 9.17) is 10.2 Å². The molecule has 0 radical (unpaired) electrons. The van der Waals surface area contributed by atoms with Crippen LogP contribution in [0.3, 0.4) is 0 Å². The average Bonchev–Trinajstić information content (AvgIpc) is 2.37. The van der Waals surface area contributed by atoms with Crippen LogP contribution in [0.15, 0.2) is 24.3 Å². The Morgan fingerprint density at radius 3 is 2.50 bits per heavy atom. The highest BCUT2D eigenvalue weighted by atomic mass is 16.3. The second kappa shape index (κ2) is 8.53. The Bertz CT molecular complexity index is 349. The van der Waals surface area contributed by atoms with E-state index in [1.807, 2.05) is 12.1 Å². The first-order chi connectivity index (χ1) is 8.72. The number of benzene rings is 1. The topological polar surface area (TPSA) is 69.6 Å². The minimum atomic E-state index is 0.0618. The Labute approximate surface area is 108 Å². The predicted molar refractivity (Wildman–Crippen MR) is 70.4 cm³/mol. The number of unbranched alkanes of at least 4 members (excludes halogenated alkanes) is 2. The van der Waals surface area contributed by atoms with Crippen molar-refractivity contribution in [3.63, 3.8) is 0 Å². The van der Waals surface area contributed by atoms with Gasteiger partial charge >= 0.3 is 0 Å². The van der Waals surface area contributed by atoms with Gasteiger partial charge in [-0.3, -0.25) is 4.79 Å². The second-order valence-corrected chi connectivity index (χ2v) is 4.30. The summed E-state index contributed by atoms with van der Waals surface area (Å²) in [6, 6.07) is 6.99. The highest BCUT2D eigenvalue weighted by Crippen LogP contribution is 2.09. The van der Waals surface area contributed by atoms with Crippen molar-refractivity contribution in [2.45, 2.75) is 32.1 Å². The number of carbonyl (C=O) groups excluding carboxylic acids is 1. The maximum absolute atomic E-state index is 11.4. The summed E-state index contributed by atoms with van der Waals surface area (Å²) in [5, 5.41) is 20.6. The molecule has 0 saturated carbocycles. The number of phenols is 1. The quantitative estimate of drug-likeness (QED) is 0.615. The molecule has 1 rings (SSSR count). The van der Waals surface area contributed by atoms with E-state index >= 15 is 0 Å². The lowest BCUT2D eigenvalue weighted by molar-refractivity contribution is -0.121. The van der Waals surface area contributed by atoms with E-state index in [1.54, 1.807) is 12.1 Å². The fourth-order valence-electron chi connectivity index (χ4n) is 1.67. The lowest BCUT2D eigenvalue weighted by Crippen LogP contribution is -2.25. The van der Waals surface area contributed by atoms with Gasteiger partial charge in [-0.2, -0.15) is 0 Å². The fourth-order valence-corrected chi connectivity index (χ4v) is 1.67. The van der Waals surface area contributed by atoms with Gasteiger partial charge in [-0.25, -0.2) is 0 Å². The molecule has 1 aromatic rings.